The Kier molecular flexibility index (Phi) is 7.70. The van der Waals surface area contributed by atoms with E-state index in [1.807, 2.05) is 51.1 Å². The second-order valence-corrected chi connectivity index (χ2v) is 9.51. The first-order chi connectivity index (χ1) is 16.7. The Morgan fingerprint density at radius 3 is 2.40 bits per heavy atom. The number of benzene rings is 3. The molecule has 1 amide bonds. The van der Waals surface area contributed by atoms with Gasteiger partial charge in [0.2, 0.25) is 0 Å². The van der Waals surface area contributed by atoms with E-state index in [-0.39, 0.29) is 5.91 Å². The lowest BCUT2D eigenvalue weighted by molar-refractivity contribution is 0.102. The largest absolute Gasteiger partial charge is 0.489 e. The number of ether oxygens (including phenoxy) is 1. The lowest BCUT2D eigenvalue weighted by Crippen LogP contribution is -2.14. The first-order valence-corrected chi connectivity index (χ1v) is 12.1. The van der Waals surface area contributed by atoms with E-state index in [1.165, 1.54) is 0 Å². The SMILES string of the molecule is Cc1cc(Cl)ccc1OCc1cccc(C(=O)Nc2c(C)nn(Cc3c(Cl)cccc3Cl)c2C)c1. The summed E-state index contributed by atoms with van der Waals surface area (Å²) in [5.74, 6) is 0.526. The molecule has 0 atom stereocenters. The van der Waals surface area contributed by atoms with Crippen LogP contribution < -0.4 is 10.1 Å². The molecule has 5 nitrogen and oxygen atoms in total. The smallest absolute Gasteiger partial charge is 0.255 e. The second kappa shape index (κ2) is 10.7. The molecule has 0 radical (unpaired) electrons. The number of nitrogens with one attached hydrogen (secondary N) is 1. The number of carbonyl (C=O) groups is 1. The highest BCUT2D eigenvalue weighted by Gasteiger charge is 2.17. The van der Waals surface area contributed by atoms with E-state index in [0.717, 1.165) is 28.1 Å². The molecular formula is C27H24Cl3N3O2. The minimum atomic E-state index is -0.226. The van der Waals surface area contributed by atoms with Crippen LogP contribution in [0.15, 0.2) is 60.7 Å². The Labute approximate surface area is 219 Å². The molecule has 4 rings (SSSR count). The summed E-state index contributed by atoms with van der Waals surface area (Å²) in [6.07, 6.45) is 0. The summed E-state index contributed by atoms with van der Waals surface area (Å²) < 4.78 is 7.71. The van der Waals surface area contributed by atoms with Crippen LogP contribution in [0.25, 0.3) is 0 Å². The van der Waals surface area contributed by atoms with Crippen LogP contribution in [0, 0.1) is 20.8 Å². The molecule has 0 saturated carbocycles. The molecule has 0 fully saturated rings. The fourth-order valence-corrected chi connectivity index (χ4v) is 4.53. The number of rotatable bonds is 7. The first-order valence-electron chi connectivity index (χ1n) is 11.0. The van der Waals surface area contributed by atoms with Crippen molar-refractivity contribution in [3.05, 3.63) is 109 Å². The topological polar surface area (TPSA) is 56.1 Å². The predicted octanol–water partition coefficient (Wildman–Crippen LogP) is 7.65. The van der Waals surface area contributed by atoms with Gasteiger partial charge in [0.05, 0.1) is 23.6 Å². The van der Waals surface area contributed by atoms with Crippen molar-refractivity contribution in [3.8, 4) is 5.75 Å². The average molecular weight is 529 g/mol. The summed E-state index contributed by atoms with van der Waals surface area (Å²) in [6.45, 7) is 6.43. The monoisotopic (exact) mass is 527 g/mol. The van der Waals surface area contributed by atoms with Crippen molar-refractivity contribution in [2.45, 2.75) is 33.9 Å². The third kappa shape index (κ3) is 5.81. The lowest BCUT2D eigenvalue weighted by Gasteiger charge is -2.11. The molecule has 0 bridgehead atoms. The maximum Gasteiger partial charge on any atom is 0.255 e. The minimum absolute atomic E-state index is 0.226. The van der Waals surface area contributed by atoms with Crippen molar-refractivity contribution < 1.29 is 9.53 Å². The first kappa shape index (κ1) is 25.1. The third-order valence-electron chi connectivity index (χ3n) is 5.71. The van der Waals surface area contributed by atoms with Crippen molar-refractivity contribution in [3.63, 3.8) is 0 Å². The van der Waals surface area contributed by atoms with Gasteiger partial charge in [-0.05, 0) is 74.4 Å². The Morgan fingerprint density at radius 1 is 0.971 bits per heavy atom. The summed E-state index contributed by atoms with van der Waals surface area (Å²) in [5, 5.41) is 9.40. The Bertz CT molecular complexity index is 1380. The van der Waals surface area contributed by atoms with Gasteiger partial charge in [-0.1, -0.05) is 53.0 Å². The van der Waals surface area contributed by atoms with Gasteiger partial charge in [-0.2, -0.15) is 5.10 Å². The van der Waals surface area contributed by atoms with Gasteiger partial charge in [0.15, 0.2) is 0 Å². The van der Waals surface area contributed by atoms with Crippen LogP contribution in [0.5, 0.6) is 5.75 Å². The summed E-state index contributed by atoms with van der Waals surface area (Å²) in [5.41, 5.74) is 5.32. The molecule has 4 aromatic rings. The van der Waals surface area contributed by atoms with Gasteiger partial charge in [0.25, 0.3) is 5.91 Å². The van der Waals surface area contributed by atoms with Crippen LogP contribution in [-0.4, -0.2) is 15.7 Å². The third-order valence-corrected chi connectivity index (χ3v) is 6.65. The molecule has 1 aromatic heterocycles. The minimum Gasteiger partial charge on any atom is -0.489 e. The molecule has 180 valence electrons. The zero-order valence-corrected chi connectivity index (χ0v) is 21.8. The van der Waals surface area contributed by atoms with E-state index in [2.05, 4.69) is 10.4 Å². The fourth-order valence-electron chi connectivity index (χ4n) is 3.79. The predicted molar refractivity (Wildman–Crippen MR) is 142 cm³/mol. The Hall–Kier alpha value is -2.99. The van der Waals surface area contributed by atoms with E-state index < -0.39 is 0 Å². The maximum atomic E-state index is 13.1. The quantitative estimate of drug-likeness (QED) is 0.268. The van der Waals surface area contributed by atoms with Crippen molar-refractivity contribution >= 4 is 46.4 Å². The van der Waals surface area contributed by atoms with Gasteiger partial charge in [0, 0.05) is 26.2 Å². The summed E-state index contributed by atoms with van der Waals surface area (Å²) in [4.78, 5) is 13.1. The number of halogens is 3. The zero-order valence-electron chi connectivity index (χ0n) is 19.5. The van der Waals surface area contributed by atoms with Crippen LogP contribution in [0.1, 0.15) is 38.4 Å². The number of aromatic nitrogens is 2. The summed E-state index contributed by atoms with van der Waals surface area (Å²) >= 11 is 18.7. The van der Waals surface area contributed by atoms with Crippen LogP contribution in [0.4, 0.5) is 5.69 Å². The highest BCUT2D eigenvalue weighted by atomic mass is 35.5. The number of aryl methyl sites for hydroxylation is 2. The molecule has 0 aliphatic rings. The number of nitrogens with zero attached hydrogens (tertiary/aromatic N) is 2. The van der Waals surface area contributed by atoms with E-state index in [0.29, 0.717) is 45.2 Å². The Morgan fingerprint density at radius 2 is 1.69 bits per heavy atom. The van der Waals surface area contributed by atoms with Crippen molar-refractivity contribution in [2.24, 2.45) is 0 Å². The van der Waals surface area contributed by atoms with Crippen LogP contribution >= 0.6 is 34.8 Å². The average Bonchev–Trinajstić information content (AvgIpc) is 3.08. The number of amides is 1. The number of hydrogen-bond acceptors (Lipinski definition) is 3. The van der Waals surface area contributed by atoms with Crippen LogP contribution in [0.2, 0.25) is 15.1 Å². The molecule has 3 aromatic carbocycles. The lowest BCUT2D eigenvalue weighted by atomic mass is 10.1. The van der Waals surface area contributed by atoms with E-state index >= 15 is 0 Å². The van der Waals surface area contributed by atoms with Gasteiger partial charge in [0.1, 0.15) is 12.4 Å². The molecule has 1 heterocycles. The standard InChI is InChI=1S/C27H24Cl3N3O2/c1-16-12-21(28)10-11-25(16)35-15-19-6-4-7-20(13-19)27(34)31-26-17(2)32-33(18(26)3)14-22-23(29)8-5-9-24(22)30/h4-13H,14-15H2,1-3H3,(H,31,34). The van der Waals surface area contributed by atoms with E-state index in [4.69, 9.17) is 39.5 Å². The molecular weight excluding hydrogens is 505 g/mol. The number of hydrogen-bond donors (Lipinski definition) is 1. The van der Waals surface area contributed by atoms with Gasteiger partial charge >= 0.3 is 0 Å². The molecule has 0 aliphatic carbocycles. The number of anilines is 1. The van der Waals surface area contributed by atoms with Crippen molar-refractivity contribution in [2.75, 3.05) is 5.32 Å². The molecule has 0 spiro atoms. The zero-order chi connectivity index (χ0) is 25.1. The summed E-state index contributed by atoms with van der Waals surface area (Å²) in [6, 6.07) is 18.2. The highest BCUT2D eigenvalue weighted by molar-refractivity contribution is 6.36. The molecule has 0 aliphatic heterocycles. The normalized spacial score (nSPS) is 10.9. The highest BCUT2D eigenvalue weighted by Crippen LogP contribution is 2.28. The van der Waals surface area contributed by atoms with Crippen molar-refractivity contribution in [1.82, 2.24) is 9.78 Å². The van der Waals surface area contributed by atoms with Gasteiger partial charge in [-0.3, -0.25) is 9.48 Å². The fraction of sp³-hybridized carbons (Fsp3) is 0.185. The molecule has 35 heavy (non-hydrogen) atoms. The van der Waals surface area contributed by atoms with E-state index in [9.17, 15) is 4.79 Å². The maximum absolute atomic E-state index is 13.1. The molecule has 1 N–H and O–H groups in total. The molecule has 0 unspecified atom stereocenters. The van der Waals surface area contributed by atoms with Crippen LogP contribution in [0.3, 0.4) is 0 Å². The second-order valence-electron chi connectivity index (χ2n) is 8.26. The summed E-state index contributed by atoms with van der Waals surface area (Å²) in [7, 11) is 0. The molecule has 8 heteroatoms. The van der Waals surface area contributed by atoms with Gasteiger partial charge in [-0.25, -0.2) is 0 Å². The number of carbonyl (C=O) groups excluding carboxylic acids is 1. The van der Waals surface area contributed by atoms with E-state index in [1.54, 1.807) is 35.0 Å². The van der Waals surface area contributed by atoms with Crippen molar-refractivity contribution in [1.29, 1.82) is 0 Å². The van der Waals surface area contributed by atoms with Crippen LogP contribution in [-0.2, 0) is 13.2 Å². The van der Waals surface area contributed by atoms with Gasteiger partial charge in [-0.15, -0.1) is 0 Å². The molecule has 0 saturated heterocycles. The van der Waals surface area contributed by atoms with Gasteiger partial charge < -0.3 is 10.1 Å². The Balaban J connectivity index is 1.48.